The van der Waals surface area contributed by atoms with Gasteiger partial charge in [0.25, 0.3) is 0 Å². The molecule has 2 aliphatic carbocycles. The molecule has 2 fully saturated rings. The van der Waals surface area contributed by atoms with Gasteiger partial charge in [0.1, 0.15) is 0 Å². The van der Waals surface area contributed by atoms with E-state index < -0.39 is 36.0 Å². The average molecular weight is 395 g/mol. The number of hydrogen-bond acceptors (Lipinski definition) is 6. The molecule has 2 saturated carbocycles. The number of carboxylic acids is 2. The van der Waals surface area contributed by atoms with Crippen molar-refractivity contribution in [1.82, 2.24) is 0 Å². The van der Waals surface area contributed by atoms with E-state index in [1.54, 1.807) is 0 Å². The summed E-state index contributed by atoms with van der Waals surface area (Å²) in [6.07, 6.45) is 7.49. The second-order valence-corrected chi connectivity index (χ2v) is 7.70. The molecule has 0 heterocycles. The van der Waals surface area contributed by atoms with E-state index >= 15 is 0 Å². The van der Waals surface area contributed by atoms with E-state index in [9.17, 15) is 30.0 Å². The summed E-state index contributed by atoms with van der Waals surface area (Å²) in [4.78, 5) is 21.5. The SMILES string of the molecule is CCC(C(=O)[O-])C1CCCCC1O.CCC(C(=O)[O-])C1CCCCC1O.[Mg+2]. The topological polar surface area (TPSA) is 121 Å². The van der Waals surface area contributed by atoms with E-state index in [1.165, 1.54) is 0 Å². The van der Waals surface area contributed by atoms with Gasteiger partial charge in [0.15, 0.2) is 0 Å². The van der Waals surface area contributed by atoms with Gasteiger partial charge in [-0.2, -0.15) is 0 Å². The van der Waals surface area contributed by atoms with Crippen molar-refractivity contribution < 1.29 is 30.0 Å². The summed E-state index contributed by atoms with van der Waals surface area (Å²) < 4.78 is 0. The van der Waals surface area contributed by atoms with Gasteiger partial charge in [-0.3, -0.25) is 0 Å². The summed E-state index contributed by atoms with van der Waals surface area (Å²) >= 11 is 0. The molecule has 2 N–H and O–H groups in total. The van der Waals surface area contributed by atoms with Crippen LogP contribution < -0.4 is 10.2 Å². The Morgan fingerprint density at radius 1 is 0.778 bits per heavy atom. The Morgan fingerprint density at radius 3 is 1.30 bits per heavy atom. The monoisotopic (exact) mass is 394 g/mol. The zero-order valence-corrected chi connectivity index (χ0v) is 18.2. The third-order valence-corrected chi connectivity index (χ3v) is 6.08. The first-order chi connectivity index (χ1) is 12.3. The van der Waals surface area contributed by atoms with Crippen molar-refractivity contribution in [2.45, 2.75) is 90.3 Å². The van der Waals surface area contributed by atoms with Crippen molar-refractivity contribution in [3.05, 3.63) is 0 Å². The first-order valence-electron chi connectivity index (χ1n) is 10.1. The Labute approximate surface area is 178 Å². The third kappa shape index (κ3) is 8.26. The Balaban J connectivity index is 0.000000483. The van der Waals surface area contributed by atoms with Crippen molar-refractivity contribution in [2.75, 3.05) is 0 Å². The van der Waals surface area contributed by atoms with E-state index in [2.05, 4.69) is 0 Å². The first-order valence-corrected chi connectivity index (χ1v) is 10.1. The van der Waals surface area contributed by atoms with Crippen LogP contribution in [0.2, 0.25) is 0 Å². The molecule has 2 rings (SSSR count). The number of carbonyl (C=O) groups is 2. The second kappa shape index (κ2) is 13.7. The number of hydrogen-bond donors (Lipinski definition) is 2. The van der Waals surface area contributed by atoms with Gasteiger partial charge in [-0.15, -0.1) is 0 Å². The maximum Gasteiger partial charge on any atom is 2.00 e. The zero-order valence-electron chi connectivity index (χ0n) is 16.8. The molecule has 0 aromatic heterocycles. The molecule has 152 valence electrons. The standard InChI is InChI=1S/2C10H18O3.Mg/c2*1-2-7(10(12)13)8-5-3-4-6-9(8)11;/h2*7-9,11H,2-6H2,1H3,(H,12,13);/q;;+2/p-2. The molecule has 0 radical (unpaired) electrons. The molecule has 6 nitrogen and oxygen atoms in total. The molecule has 0 bridgehead atoms. The van der Waals surface area contributed by atoms with Gasteiger partial charge < -0.3 is 30.0 Å². The van der Waals surface area contributed by atoms with Crippen LogP contribution in [0.5, 0.6) is 0 Å². The maximum absolute atomic E-state index is 10.8. The number of aliphatic carboxylic acids is 2. The van der Waals surface area contributed by atoms with Crippen LogP contribution in [-0.4, -0.2) is 57.4 Å². The number of aliphatic hydroxyl groups is 2. The molecule has 0 aliphatic heterocycles. The van der Waals surface area contributed by atoms with Gasteiger partial charge in [-0.05, 0) is 50.4 Å². The fourth-order valence-electron chi connectivity index (χ4n) is 4.51. The van der Waals surface area contributed by atoms with E-state index in [4.69, 9.17) is 0 Å². The quantitative estimate of drug-likeness (QED) is 0.623. The third-order valence-electron chi connectivity index (χ3n) is 6.08. The fourth-order valence-corrected chi connectivity index (χ4v) is 4.51. The fraction of sp³-hybridized carbons (Fsp3) is 0.900. The molecule has 6 unspecified atom stereocenters. The van der Waals surface area contributed by atoms with Gasteiger partial charge in [0.2, 0.25) is 0 Å². The molecule has 2 aliphatic rings. The van der Waals surface area contributed by atoms with Crippen LogP contribution in [0.4, 0.5) is 0 Å². The van der Waals surface area contributed by atoms with Crippen LogP contribution >= 0.6 is 0 Å². The number of carboxylic acid groups (broad SMARTS) is 2. The summed E-state index contributed by atoms with van der Waals surface area (Å²) in [5.41, 5.74) is 0. The van der Waals surface area contributed by atoms with Gasteiger partial charge in [-0.1, -0.05) is 39.5 Å². The Hall–Kier alpha value is -0.374. The van der Waals surface area contributed by atoms with Crippen molar-refractivity contribution in [3.63, 3.8) is 0 Å². The molecule has 6 atom stereocenters. The molecule has 0 saturated heterocycles. The smallest absolute Gasteiger partial charge is 0.550 e. The van der Waals surface area contributed by atoms with Gasteiger partial charge >= 0.3 is 23.1 Å². The minimum absolute atomic E-state index is 0. The van der Waals surface area contributed by atoms with E-state index in [1.807, 2.05) is 13.8 Å². The average Bonchev–Trinajstić information content (AvgIpc) is 2.59. The molecule has 7 heteroatoms. The Morgan fingerprint density at radius 2 is 1.07 bits per heavy atom. The van der Waals surface area contributed by atoms with Crippen LogP contribution in [-0.2, 0) is 9.59 Å². The summed E-state index contributed by atoms with van der Waals surface area (Å²) in [6, 6.07) is 0. The van der Waals surface area contributed by atoms with E-state index in [0.29, 0.717) is 12.8 Å². The Bertz CT molecular complexity index is 404. The summed E-state index contributed by atoms with van der Waals surface area (Å²) in [6.45, 7) is 3.67. The molecular weight excluding hydrogens is 361 g/mol. The van der Waals surface area contributed by atoms with Crippen molar-refractivity contribution in [3.8, 4) is 0 Å². The molecular formula is C20H34MgO6. The van der Waals surface area contributed by atoms with E-state index in [0.717, 1.165) is 51.4 Å². The zero-order chi connectivity index (χ0) is 19.7. The molecule has 0 amide bonds. The summed E-state index contributed by atoms with van der Waals surface area (Å²) in [5, 5.41) is 40.8. The van der Waals surface area contributed by atoms with Crippen molar-refractivity contribution >= 4 is 35.0 Å². The molecule has 0 aromatic rings. The number of rotatable bonds is 6. The van der Waals surface area contributed by atoms with Crippen LogP contribution in [0.15, 0.2) is 0 Å². The van der Waals surface area contributed by atoms with E-state index in [-0.39, 0.29) is 34.9 Å². The minimum atomic E-state index is -1.01. The van der Waals surface area contributed by atoms with Crippen LogP contribution in [0.1, 0.15) is 78.1 Å². The molecule has 0 spiro atoms. The van der Waals surface area contributed by atoms with Crippen LogP contribution in [0, 0.1) is 23.7 Å². The number of carbonyl (C=O) groups excluding carboxylic acids is 2. The maximum atomic E-state index is 10.8. The normalized spacial score (nSPS) is 30.1. The van der Waals surface area contributed by atoms with Crippen molar-refractivity contribution in [2.24, 2.45) is 23.7 Å². The molecule has 0 aromatic carbocycles. The van der Waals surface area contributed by atoms with Crippen LogP contribution in [0.3, 0.4) is 0 Å². The van der Waals surface area contributed by atoms with Gasteiger partial charge in [-0.25, -0.2) is 0 Å². The minimum Gasteiger partial charge on any atom is -0.550 e. The Kier molecular flexibility index (Phi) is 13.6. The van der Waals surface area contributed by atoms with Crippen molar-refractivity contribution in [1.29, 1.82) is 0 Å². The first kappa shape index (κ1) is 26.6. The van der Waals surface area contributed by atoms with Gasteiger partial charge in [0, 0.05) is 23.8 Å². The number of aliphatic hydroxyl groups excluding tert-OH is 2. The van der Waals surface area contributed by atoms with Gasteiger partial charge in [0.05, 0.1) is 12.2 Å². The molecule has 27 heavy (non-hydrogen) atoms. The predicted molar refractivity (Wildman–Crippen MR) is 99.3 cm³/mol. The summed E-state index contributed by atoms with van der Waals surface area (Å²) in [7, 11) is 0. The van der Waals surface area contributed by atoms with Crippen LogP contribution in [0.25, 0.3) is 0 Å². The largest absolute Gasteiger partial charge is 2.00 e. The summed E-state index contributed by atoms with van der Waals surface area (Å²) in [5.74, 6) is -3.10. The predicted octanol–water partition coefficient (Wildman–Crippen LogP) is 0.246. The second-order valence-electron chi connectivity index (χ2n) is 7.70.